The van der Waals surface area contributed by atoms with Crippen LogP contribution in [0.5, 0.6) is 0 Å². The molecule has 2 heterocycles. The number of halogens is 1. The summed E-state index contributed by atoms with van der Waals surface area (Å²) >= 11 is 6.07. The van der Waals surface area contributed by atoms with Gasteiger partial charge in [0.05, 0.1) is 4.90 Å². The van der Waals surface area contributed by atoms with Gasteiger partial charge in [0.15, 0.2) is 0 Å². The molecule has 0 saturated carbocycles. The molecule has 0 bridgehead atoms. The van der Waals surface area contributed by atoms with Crippen molar-refractivity contribution in [1.82, 2.24) is 9.21 Å². The SMILES string of the molecule is O=C(C1CCC(=O)N1S(=O)(=O)c1ccccc1)N1CCN(c2cccc(Cl)c2)CC1. The van der Waals surface area contributed by atoms with Crippen molar-refractivity contribution in [2.75, 3.05) is 31.1 Å². The summed E-state index contributed by atoms with van der Waals surface area (Å²) in [6.45, 7) is 2.13. The Bertz CT molecular complexity index is 1050. The third-order valence-electron chi connectivity index (χ3n) is 5.51. The number of hydrogen-bond acceptors (Lipinski definition) is 5. The van der Waals surface area contributed by atoms with E-state index >= 15 is 0 Å². The van der Waals surface area contributed by atoms with Crippen LogP contribution in [0, 0.1) is 0 Å². The van der Waals surface area contributed by atoms with Crippen LogP contribution in [-0.2, 0) is 19.6 Å². The highest BCUT2D eigenvalue weighted by Gasteiger charge is 2.45. The predicted molar refractivity (Wildman–Crippen MR) is 114 cm³/mol. The Balaban J connectivity index is 1.48. The first kappa shape index (κ1) is 20.7. The molecule has 1 atom stereocenters. The first-order valence-electron chi connectivity index (χ1n) is 9.79. The minimum atomic E-state index is -4.07. The van der Waals surface area contributed by atoms with Crippen LogP contribution < -0.4 is 4.90 Å². The second kappa shape index (κ2) is 8.28. The van der Waals surface area contributed by atoms with Crippen molar-refractivity contribution in [3.05, 3.63) is 59.6 Å². The fraction of sp³-hybridized carbons (Fsp3) is 0.333. The number of amides is 2. The molecule has 2 aliphatic heterocycles. The molecule has 0 aromatic heterocycles. The van der Waals surface area contributed by atoms with Gasteiger partial charge in [-0.3, -0.25) is 9.59 Å². The first-order valence-corrected chi connectivity index (χ1v) is 11.6. The van der Waals surface area contributed by atoms with Crippen LogP contribution in [0.2, 0.25) is 5.02 Å². The number of nitrogens with zero attached hydrogens (tertiary/aromatic N) is 3. The van der Waals surface area contributed by atoms with Crippen molar-refractivity contribution in [3.8, 4) is 0 Å². The quantitative estimate of drug-likeness (QED) is 0.719. The second-order valence-corrected chi connectivity index (χ2v) is 9.61. The Kier molecular flexibility index (Phi) is 5.71. The number of hydrogen-bond donors (Lipinski definition) is 0. The van der Waals surface area contributed by atoms with Gasteiger partial charge in [0, 0.05) is 43.3 Å². The van der Waals surface area contributed by atoms with Gasteiger partial charge in [-0.1, -0.05) is 35.9 Å². The van der Waals surface area contributed by atoms with Crippen LogP contribution >= 0.6 is 11.6 Å². The lowest BCUT2D eigenvalue weighted by Gasteiger charge is -2.38. The van der Waals surface area contributed by atoms with Gasteiger partial charge in [-0.15, -0.1) is 0 Å². The van der Waals surface area contributed by atoms with Crippen molar-refractivity contribution < 1.29 is 18.0 Å². The van der Waals surface area contributed by atoms with Crippen LogP contribution in [0.4, 0.5) is 5.69 Å². The molecule has 30 heavy (non-hydrogen) atoms. The Hall–Kier alpha value is -2.58. The van der Waals surface area contributed by atoms with E-state index < -0.39 is 22.0 Å². The van der Waals surface area contributed by atoms with Gasteiger partial charge in [-0.25, -0.2) is 12.7 Å². The second-order valence-electron chi connectivity index (χ2n) is 7.35. The first-order chi connectivity index (χ1) is 14.4. The fourth-order valence-corrected chi connectivity index (χ4v) is 5.76. The maximum Gasteiger partial charge on any atom is 0.267 e. The van der Waals surface area contributed by atoms with E-state index in [0.29, 0.717) is 31.2 Å². The molecular formula is C21H22ClN3O4S. The summed E-state index contributed by atoms with van der Waals surface area (Å²) in [5, 5.41) is 0.650. The van der Waals surface area contributed by atoms with E-state index in [1.807, 2.05) is 24.3 Å². The zero-order chi connectivity index (χ0) is 21.3. The smallest absolute Gasteiger partial charge is 0.267 e. The van der Waals surface area contributed by atoms with E-state index in [-0.39, 0.29) is 23.6 Å². The molecule has 2 amide bonds. The van der Waals surface area contributed by atoms with E-state index in [1.54, 1.807) is 23.1 Å². The maximum absolute atomic E-state index is 13.2. The zero-order valence-corrected chi connectivity index (χ0v) is 17.8. The molecule has 7 nitrogen and oxygen atoms in total. The van der Waals surface area contributed by atoms with Crippen molar-refractivity contribution in [2.45, 2.75) is 23.8 Å². The molecule has 2 aromatic carbocycles. The zero-order valence-electron chi connectivity index (χ0n) is 16.3. The number of benzene rings is 2. The minimum Gasteiger partial charge on any atom is -0.368 e. The minimum absolute atomic E-state index is 0.0174. The number of sulfonamides is 1. The van der Waals surface area contributed by atoms with Crippen LogP contribution in [0.3, 0.4) is 0 Å². The standard InChI is InChI=1S/C21H22ClN3O4S/c22-16-5-4-6-17(15-16)23-11-13-24(14-12-23)21(27)19-9-10-20(26)25(19)30(28,29)18-7-2-1-3-8-18/h1-8,15,19H,9-14H2. The van der Waals surface area contributed by atoms with Gasteiger partial charge in [0.25, 0.3) is 10.0 Å². The summed E-state index contributed by atoms with van der Waals surface area (Å²) in [6, 6.07) is 14.3. The summed E-state index contributed by atoms with van der Waals surface area (Å²) < 4.78 is 26.8. The van der Waals surface area contributed by atoms with E-state index in [0.717, 1.165) is 9.99 Å². The van der Waals surface area contributed by atoms with Crippen LogP contribution in [0.1, 0.15) is 12.8 Å². The van der Waals surface area contributed by atoms with Crippen LogP contribution in [0.15, 0.2) is 59.5 Å². The monoisotopic (exact) mass is 447 g/mol. The predicted octanol–water partition coefficient (Wildman–Crippen LogP) is 2.37. The van der Waals surface area contributed by atoms with Crippen molar-refractivity contribution in [1.29, 1.82) is 0 Å². The van der Waals surface area contributed by atoms with E-state index in [2.05, 4.69) is 4.90 Å². The number of anilines is 1. The Morgan fingerprint density at radius 1 is 0.967 bits per heavy atom. The summed E-state index contributed by atoms with van der Waals surface area (Å²) in [5.74, 6) is -0.846. The van der Waals surface area contributed by atoms with Crippen LogP contribution in [0.25, 0.3) is 0 Å². The largest absolute Gasteiger partial charge is 0.368 e. The molecule has 1 unspecified atom stereocenters. The highest BCUT2D eigenvalue weighted by molar-refractivity contribution is 7.89. The molecule has 0 spiro atoms. The molecule has 0 N–H and O–H groups in total. The molecule has 0 aliphatic carbocycles. The van der Waals surface area contributed by atoms with Crippen molar-refractivity contribution in [2.24, 2.45) is 0 Å². The number of carbonyl (C=O) groups is 2. The topological polar surface area (TPSA) is 78.0 Å². The summed E-state index contributed by atoms with van der Waals surface area (Å²) in [7, 11) is -4.07. The van der Waals surface area contributed by atoms with E-state index in [9.17, 15) is 18.0 Å². The number of carbonyl (C=O) groups excluding carboxylic acids is 2. The third-order valence-corrected chi connectivity index (χ3v) is 7.59. The van der Waals surface area contributed by atoms with Gasteiger partial charge in [-0.05, 0) is 36.8 Å². The Morgan fingerprint density at radius 2 is 1.67 bits per heavy atom. The highest BCUT2D eigenvalue weighted by Crippen LogP contribution is 2.29. The fourth-order valence-electron chi connectivity index (χ4n) is 3.96. The molecule has 9 heteroatoms. The average molecular weight is 448 g/mol. The number of piperazine rings is 1. The molecule has 2 aromatic rings. The number of rotatable bonds is 4. The van der Waals surface area contributed by atoms with Gasteiger partial charge < -0.3 is 9.80 Å². The van der Waals surface area contributed by atoms with Crippen molar-refractivity contribution >= 4 is 39.1 Å². The molecule has 2 aliphatic rings. The Morgan fingerprint density at radius 3 is 2.33 bits per heavy atom. The highest BCUT2D eigenvalue weighted by atomic mass is 35.5. The lowest BCUT2D eigenvalue weighted by atomic mass is 10.1. The van der Waals surface area contributed by atoms with E-state index in [1.165, 1.54) is 12.1 Å². The van der Waals surface area contributed by atoms with E-state index in [4.69, 9.17) is 11.6 Å². The molecule has 2 saturated heterocycles. The summed E-state index contributed by atoms with van der Waals surface area (Å²) in [6.07, 6.45) is 0.253. The Labute approximate surface area is 180 Å². The molecule has 2 fully saturated rings. The maximum atomic E-state index is 13.2. The van der Waals surface area contributed by atoms with Gasteiger partial charge in [0.2, 0.25) is 11.8 Å². The third kappa shape index (κ3) is 3.89. The molecular weight excluding hydrogens is 426 g/mol. The lowest BCUT2D eigenvalue weighted by molar-refractivity contribution is -0.138. The molecule has 0 radical (unpaired) electrons. The summed E-state index contributed by atoms with van der Waals surface area (Å²) in [5.41, 5.74) is 0.985. The summed E-state index contributed by atoms with van der Waals surface area (Å²) in [4.78, 5) is 29.4. The molecule has 4 rings (SSSR count). The van der Waals surface area contributed by atoms with Crippen LogP contribution in [-0.4, -0.2) is 61.7 Å². The van der Waals surface area contributed by atoms with Crippen molar-refractivity contribution in [3.63, 3.8) is 0 Å². The molecule has 158 valence electrons. The van der Waals surface area contributed by atoms with Gasteiger partial charge in [0.1, 0.15) is 6.04 Å². The average Bonchev–Trinajstić information content (AvgIpc) is 3.16. The normalized spacial score (nSPS) is 20.0. The van der Waals surface area contributed by atoms with Gasteiger partial charge in [-0.2, -0.15) is 0 Å². The lowest BCUT2D eigenvalue weighted by Crippen LogP contribution is -2.55. The van der Waals surface area contributed by atoms with Gasteiger partial charge >= 0.3 is 0 Å².